The van der Waals surface area contributed by atoms with Gasteiger partial charge in [-0.25, -0.2) is 9.48 Å². The lowest BCUT2D eigenvalue weighted by atomic mass is 10.1. The summed E-state index contributed by atoms with van der Waals surface area (Å²) in [5.41, 5.74) is 1.34. The van der Waals surface area contributed by atoms with E-state index in [1.165, 1.54) is 0 Å². The number of carboxylic acid groups (broad SMARTS) is 1. The molecule has 0 unspecified atom stereocenters. The Hall–Kier alpha value is -3.60. The number of carboxylic acids is 1. The van der Waals surface area contributed by atoms with Gasteiger partial charge in [0.2, 0.25) is 0 Å². The normalized spacial score (nSPS) is 10.7. The van der Waals surface area contributed by atoms with Crippen LogP contribution in [0.1, 0.15) is 10.4 Å². The van der Waals surface area contributed by atoms with Crippen LogP contribution in [0.4, 0.5) is 0 Å². The van der Waals surface area contributed by atoms with Gasteiger partial charge in [-0.15, -0.1) is 0 Å². The second-order valence-electron chi connectivity index (χ2n) is 5.49. The number of carbonyl (C=O) groups is 1. The van der Waals surface area contributed by atoms with Crippen molar-refractivity contribution in [2.45, 2.75) is 0 Å². The van der Waals surface area contributed by atoms with Crippen LogP contribution in [0.3, 0.4) is 0 Å². The lowest BCUT2D eigenvalue weighted by Crippen LogP contribution is -2.08. The fourth-order valence-electron chi connectivity index (χ4n) is 2.76. The largest absolute Gasteiger partial charge is 0.478 e. The number of hydrogen-bond donors (Lipinski definition) is 1. The van der Waals surface area contributed by atoms with Crippen molar-refractivity contribution in [3.05, 3.63) is 84.6 Å². The molecule has 0 saturated carbocycles. The molecule has 0 aliphatic carbocycles. The molecule has 5 nitrogen and oxygen atoms in total. The van der Waals surface area contributed by atoms with E-state index in [-0.39, 0.29) is 5.56 Å². The molecule has 0 bridgehead atoms. The smallest absolute Gasteiger partial charge is 0.338 e. The van der Waals surface area contributed by atoms with E-state index in [1.807, 2.05) is 54.6 Å². The standard InChI is InChI=1S/C20H14N2O3/c23-20(24)16-10-6-12-18(25-15-8-2-1-3-9-15)19(16)22-17-11-5-4-7-14(17)13-21-22/h1-13H,(H,23,24). The van der Waals surface area contributed by atoms with Crippen molar-refractivity contribution >= 4 is 16.9 Å². The van der Waals surface area contributed by atoms with Gasteiger partial charge in [0.25, 0.3) is 0 Å². The molecule has 4 rings (SSSR count). The van der Waals surface area contributed by atoms with Gasteiger partial charge in [0.05, 0.1) is 17.3 Å². The molecule has 1 heterocycles. The molecule has 0 radical (unpaired) electrons. The van der Waals surface area contributed by atoms with Crippen molar-refractivity contribution in [1.82, 2.24) is 9.78 Å². The fraction of sp³-hybridized carbons (Fsp3) is 0. The van der Waals surface area contributed by atoms with Crippen molar-refractivity contribution in [3.63, 3.8) is 0 Å². The monoisotopic (exact) mass is 330 g/mol. The second-order valence-corrected chi connectivity index (χ2v) is 5.49. The highest BCUT2D eigenvalue weighted by atomic mass is 16.5. The zero-order chi connectivity index (χ0) is 17.2. The Bertz CT molecular complexity index is 1050. The Morgan fingerprint density at radius 1 is 0.920 bits per heavy atom. The molecule has 5 heteroatoms. The lowest BCUT2D eigenvalue weighted by Gasteiger charge is -2.14. The van der Waals surface area contributed by atoms with Crippen LogP contribution in [-0.4, -0.2) is 20.9 Å². The van der Waals surface area contributed by atoms with Gasteiger partial charge in [0, 0.05) is 5.39 Å². The summed E-state index contributed by atoms with van der Waals surface area (Å²) >= 11 is 0. The maximum absolute atomic E-state index is 11.8. The molecule has 0 atom stereocenters. The van der Waals surface area contributed by atoms with E-state index in [2.05, 4.69) is 5.10 Å². The van der Waals surface area contributed by atoms with E-state index in [0.29, 0.717) is 17.2 Å². The molecule has 25 heavy (non-hydrogen) atoms. The molecule has 1 aromatic heterocycles. The number of aromatic nitrogens is 2. The summed E-state index contributed by atoms with van der Waals surface area (Å²) in [6, 6.07) is 21.8. The summed E-state index contributed by atoms with van der Waals surface area (Å²) in [4.78, 5) is 11.8. The number of hydrogen-bond acceptors (Lipinski definition) is 3. The third-order valence-electron chi connectivity index (χ3n) is 3.89. The van der Waals surface area contributed by atoms with E-state index in [9.17, 15) is 9.90 Å². The second kappa shape index (κ2) is 6.13. The minimum absolute atomic E-state index is 0.127. The van der Waals surface area contributed by atoms with Crippen LogP contribution in [0.25, 0.3) is 16.6 Å². The van der Waals surface area contributed by atoms with Crippen LogP contribution in [0.15, 0.2) is 79.0 Å². The number of benzene rings is 3. The predicted molar refractivity (Wildman–Crippen MR) is 94.5 cm³/mol. The fourth-order valence-corrected chi connectivity index (χ4v) is 2.76. The predicted octanol–water partition coefficient (Wildman–Crippen LogP) is 4.52. The highest BCUT2D eigenvalue weighted by molar-refractivity contribution is 5.94. The molecule has 4 aromatic rings. The maximum atomic E-state index is 11.8. The summed E-state index contributed by atoms with van der Waals surface area (Å²) in [5.74, 6) is 0.0239. The Morgan fingerprint density at radius 3 is 2.48 bits per heavy atom. The van der Waals surface area contributed by atoms with Crippen molar-refractivity contribution < 1.29 is 14.6 Å². The van der Waals surface area contributed by atoms with Gasteiger partial charge in [0.1, 0.15) is 11.4 Å². The van der Waals surface area contributed by atoms with E-state index in [0.717, 1.165) is 10.9 Å². The van der Waals surface area contributed by atoms with E-state index >= 15 is 0 Å². The van der Waals surface area contributed by atoms with Gasteiger partial charge in [0.15, 0.2) is 5.75 Å². The lowest BCUT2D eigenvalue weighted by molar-refractivity contribution is 0.0696. The summed E-state index contributed by atoms with van der Waals surface area (Å²) in [7, 11) is 0. The molecule has 0 aliphatic heterocycles. The number of nitrogens with zero attached hydrogens (tertiary/aromatic N) is 2. The van der Waals surface area contributed by atoms with Crippen molar-refractivity contribution in [3.8, 4) is 17.2 Å². The number of rotatable bonds is 4. The first-order chi connectivity index (χ1) is 12.2. The van der Waals surface area contributed by atoms with E-state index < -0.39 is 5.97 Å². The van der Waals surface area contributed by atoms with Gasteiger partial charge in [-0.3, -0.25) is 0 Å². The highest BCUT2D eigenvalue weighted by Gasteiger charge is 2.19. The number of fused-ring (bicyclic) bond motifs is 1. The minimum Gasteiger partial charge on any atom is -0.478 e. The summed E-state index contributed by atoms with van der Waals surface area (Å²) < 4.78 is 7.56. The molecule has 0 saturated heterocycles. The Balaban J connectivity index is 1.94. The third-order valence-corrected chi connectivity index (χ3v) is 3.89. The average molecular weight is 330 g/mol. The molecule has 0 fully saturated rings. The Kier molecular flexibility index (Phi) is 3.67. The molecule has 0 spiro atoms. The SMILES string of the molecule is O=C(O)c1cccc(Oc2ccccc2)c1-n1ncc2ccccc21. The number of aromatic carboxylic acids is 1. The minimum atomic E-state index is -1.03. The molecule has 122 valence electrons. The molecule has 0 aliphatic rings. The van der Waals surface area contributed by atoms with Gasteiger partial charge in [-0.2, -0.15) is 5.10 Å². The van der Waals surface area contributed by atoms with Crippen molar-refractivity contribution in [2.75, 3.05) is 0 Å². The summed E-state index contributed by atoms with van der Waals surface area (Å²) in [6.45, 7) is 0. The first-order valence-electron chi connectivity index (χ1n) is 7.76. The molecular weight excluding hydrogens is 316 g/mol. The summed E-state index contributed by atoms with van der Waals surface area (Å²) in [5, 5.41) is 14.9. The van der Waals surface area contributed by atoms with Crippen molar-refractivity contribution in [1.29, 1.82) is 0 Å². The quantitative estimate of drug-likeness (QED) is 0.598. The summed E-state index contributed by atoms with van der Waals surface area (Å²) in [6.07, 6.45) is 1.71. The van der Waals surface area contributed by atoms with Crippen LogP contribution in [0, 0.1) is 0 Å². The maximum Gasteiger partial charge on any atom is 0.338 e. The topological polar surface area (TPSA) is 64.3 Å². The van der Waals surface area contributed by atoms with E-state index in [4.69, 9.17) is 4.74 Å². The first kappa shape index (κ1) is 15.0. The van der Waals surface area contributed by atoms with Crippen LogP contribution < -0.4 is 4.74 Å². The number of ether oxygens (including phenoxy) is 1. The van der Waals surface area contributed by atoms with Crippen molar-refractivity contribution in [2.24, 2.45) is 0 Å². The van der Waals surface area contributed by atoms with Gasteiger partial charge in [-0.05, 0) is 30.3 Å². The van der Waals surface area contributed by atoms with Gasteiger partial charge in [-0.1, -0.05) is 42.5 Å². The van der Waals surface area contributed by atoms with Gasteiger partial charge >= 0.3 is 5.97 Å². The Labute approximate surface area is 143 Å². The average Bonchev–Trinajstić information content (AvgIpc) is 3.06. The number of para-hydroxylation sites is 3. The van der Waals surface area contributed by atoms with Crippen LogP contribution in [-0.2, 0) is 0 Å². The molecule has 1 N–H and O–H groups in total. The third kappa shape index (κ3) is 2.72. The van der Waals surface area contributed by atoms with Crippen LogP contribution >= 0.6 is 0 Å². The van der Waals surface area contributed by atoms with Crippen LogP contribution in [0.5, 0.6) is 11.5 Å². The van der Waals surface area contributed by atoms with Gasteiger partial charge < -0.3 is 9.84 Å². The molecular formula is C20H14N2O3. The zero-order valence-corrected chi connectivity index (χ0v) is 13.2. The Morgan fingerprint density at radius 2 is 1.68 bits per heavy atom. The molecule has 0 amide bonds. The van der Waals surface area contributed by atoms with E-state index in [1.54, 1.807) is 29.1 Å². The molecule has 3 aromatic carbocycles. The van der Waals surface area contributed by atoms with Crippen LogP contribution in [0.2, 0.25) is 0 Å². The first-order valence-corrected chi connectivity index (χ1v) is 7.76. The highest BCUT2D eigenvalue weighted by Crippen LogP contribution is 2.32. The zero-order valence-electron chi connectivity index (χ0n) is 13.2.